The average molecular weight is 249 g/mol. The highest BCUT2D eigenvalue weighted by Crippen LogP contribution is 2.29. The van der Waals surface area contributed by atoms with Crippen LogP contribution >= 0.6 is 23.2 Å². The third-order valence-electron chi connectivity index (χ3n) is 1.71. The molecule has 1 aromatic carbocycles. The van der Waals surface area contributed by atoms with Crippen LogP contribution < -0.4 is 5.73 Å². The molecule has 0 aliphatic carbocycles. The summed E-state index contributed by atoms with van der Waals surface area (Å²) >= 11 is 10.9. The Morgan fingerprint density at radius 1 is 1.53 bits per heavy atom. The molecular formula is C8H6Cl2N2O3. The number of nitrogens with zero attached hydrogens (tertiary/aromatic N) is 1. The van der Waals surface area contributed by atoms with Crippen molar-refractivity contribution in [2.45, 2.75) is 0 Å². The van der Waals surface area contributed by atoms with Crippen molar-refractivity contribution in [3.63, 3.8) is 0 Å². The standard InChI is InChI=1S/C8H6Cl2N2O3/c9-3-7(13)8-5(11)1-4(10)2-6(8)12(14)15/h1-2H,3,11H2. The van der Waals surface area contributed by atoms with Crippen molar-refractivity contribution in [3.8, 4) is 0 Å². The number of ketones is 1. The molecule has 15 heavy (non-hydrogen) atoms. The molecule has 0 fully saturated rings. The molecule has 0 heterocycles. The van der Waals surface area contributed by atoms with Gasteiger partial charge in [0.05, 0.1) is 16.5 Å². The third-order valence-corrected chi connectivity index (χ3v) is 2.17. The molecule has 0 unspecified atom stereocenters. The van der Waals surface area contributed by atoms with Gasteiger partial charge in [-0.05, 0) is 6.07 Å². The lowest BCUT2D eigenvalue weighted by molar-refractivity contribution is -0.385. The number of Topliss-reactive ketones (excluding diaryl/α,β-unsaturated/α-hetero) is 1. The van der Waals surface area contributed by atoms with E-state index in [0.29, 0.717) is 0 Å². The number of alkyl halides is 1. The van der Waals surface area contributed by atoms with E-state index in [1.807, 2.05) is 0 Å². The van der Waals surface area contributed by atoms with E-state index in [1.54, 1.807) is 0 Å². The monoisotopic (exact) mass is 248 g/mol. The summed E-state index contributed by atoms with van der Waals surface area (Å²) in [5.41, 5.74) is 4.81. The quantitative estimate of drug-likeness (QED) is 0.292. The van der Waals surface area contributed by atoms with E-state index in [9.17, 15) is 14.9 Å². The first kappa shape index (κ1) is 11.7. The SMILES string of the molecule is Nc1cc(Cl)cc([N+](=O)[O-])c1C(=O)CCl. The number of nitro benzene ring substituents is 1. The fourth-order valence-electron chi connectivity index (χ4n) is 1.13. The molecule has 80 valence electrons. The summed E-state index contributed by atoms with van der Waals surface area (Å²) in [6.45, 7) is 0. The zero-order valence-corrected chi connectivity index (χ0v) is 8.88. The van der Waals surface area contributed by atoms with Gasteiger partial charge in [-0.15, -0.1) is 11.6 Å². The molecule has 0 saturated carbocycles. The Hall–Kier alpha value is -1.33. The Labute approximate surface area is 94.9 Å². The number of anilines is 1. The van der Waals surface area contributed by atoms with Crippen LogP contribution in [-0.4, -0.2) is 16.6 Å². The van der Waals surface area contributed by atoms with Crippen LogP contribution in [0.2, 0.25) is 5.02 Å². The van der Waals surface area contributed by atoms with Crippen LogP contribution in [0.15, 0.2) is 12.1 Å². The van der Waals surface area contributed by atoms with Crippen molar-refractivity contribution in [1.82, 2.24) is 0 Å². The van der Waals surface area contributed by atoms with Gasteiger partial charge in [-0.2, -0.15) is 0 Å². The van der Waals surface area contributed by atoms with Gasteiger partial charge in [0.15, 0.2) is 5.78 Å². The van der Waals surface area contributed by atoms with Gasteiger partial charge < -0.3 is 5.73 Å². The Balaban J connectivity index is 3.46. The first-order valence-electron chi connectivity index (χ1n) is 3.80. The fraction of sp³-hybridized carbons (Fsp3) is 0.125. The topological polar surface area (TPSA) is 86.2 Å². The Morgan fingerprint density at radius 2 is 2.13 bits per heavy atom. The molecular weight excluding hydrogens is 243 g/mol. The molecule has 7 heteroatoms. The maximum absolute atomic E-state index is 11.3. The predicted molar refractivity (Wildman–Crippen MR) is 57.6 cm³/mol. The number of nitrogen functional groups attached to an aromatic ring is 1. The second kappa shape index (κ2) is 4.46. The summed E-state index contributed by atoms with van der Waals surface area (Å²) in [6, 6.07) is 2.34. The zero-order chi connectivity index (χ0) is 11.6. The Bertz CT molecular complexity index is 434. The van der Waals surface area contributed by atoms with Gasteiger partial charge in [-0.3, -0.25) is 14.9 Å². The van der Waals surface area contributed by atoms with Crippen LogP contribution in [0.3, 0.4) is 0 Å². The molecule has 0 aromatic heterocycles. The number of benzene rings is 1. The van der Waals surface area contributed by atoms with Crippen molar-refractivity contribution in [2.24, 2.45) is 0 Å². The second-order valence-corrected chi connectivity index (χ2v) is 3.41. The summed E-state index contributed by atoms with van der Waals surface area (Å²) < 4.78 is 0. The van der Waals surface area contributed by atoms with Crippen LogP contribution in [0.4, 0.5) is 11.4 Å². The number of hydrogen-bond acceptors (Lipinski definition) is 4. The van der Waals surface area contributed by atoms with E-state index in [0.717, 1.165) is 6.07 Å². The molecule has 0 bridgehead atoms. The van der Waals surface area contributed by atoms with Gasteiger partial charge in [0.2, 0.25) is 0 Å². The van der Waals surface area contributed by atoms with Gasteiger partial charge in [-0.1, -0.05) is 11.6 Å². The van der Waals surface area contributed by atoms with E-state index in [-0.39, 0.29) is 22.2 Å². The van der Waals surface area contributed by atoms with Gasteiger partial charge in [-0.25, -0.2) is 0 Å². The van der Waals surface area contributed by atoms with Gasteiger partial charge in [0, 0.05) is 11.1 Å². The highest BCUT2D eigenvalue weighted by atomic mass is 35.5. The molecule has 0 atom stereocenters. The number of carbonyl (C=O) groups excluding carboxylic acids is 1. The van der Waals surface area contributed by atoms with E-state index in [4.69, 9.17) is 28.9 Å². The first-order valence-corrected chi connectivity index (χ1v) is 4.71. The maximum Gasteiger partial charge on any atom is 0.283 e. The largest absolute Gasteiger partial charge is 0.398 e. The van der Waals surface area contributed by atoms with E-state index < -0.39 is 16.4 Å². The fourth-order valence-corrected chi connectivity index (χ4v) is 1.48. The molecule has 5 nitrogen and oxygen atoms in total. The van der Waals surface area contributed by atoms with Crippen LogP contribution in [0, 0.1) is 10.1 Å². The van der Waals surface area contributed by atoms with Crippen molar-refractivity contribution in [3.05, 3.63) is 32.8 Å². The van der Waals surface area contributed by atoms with Gasteiger partial charge in [0.1, 0.15) is 5.56 Å². The van der Waals surface area contributed by atoms with Crippen molar-refractivity contribution in [1.29, 1.82) is 0 Å². The molecule has 0 spiro atoms. The van der Waals surface area contributed by atoms with E-state index >= 15 is 0 Å². The molecule has 1 aromatic rings. The summed E-state index contributed by atoms with van der Waals surface area (Å²) in [4.78, 5) is 21.2. The molecule has 0 amide bonds. The number of halogens is 2. The number of rotatable bonds is 3. The highest BCUT2D eigenvalue weighted by Gasteiger charge is 2.23. The van der Waals surface area contributed by atoms with E-state index in [1.165, 1.54) is 6.07 Å². The summed E-state index contributed by atoms with van der Waals surface area (Å²) in [5, 5.41) is 10.7. The van der Waals surface area contributed by atoms with Crippen molar-refractivity contribution < 1.29 is 9.72 Å². The molecule has 1 rings (SSSR count). The smallest absolute Gasteiger partial charge is 0.283 e. The normalized spacial score (nSPS) is 10.0. The summed E-state index contributed by atoms with van der Waals surface area (Å²) in [6.07, 6.45) is 0. The minimum atomic E-state index is -0.720. The van der Waals surface area contributed by atoms with E-state index in [2.05, 4.69) is 0 Å². The number of carbonyl (C=O) groups is 1. The van der Waals surface area contributed by atoms with Crippen molar-refractivity contribution in [2.75, 3.05) is 11.6 Å². The zero-order valence-electron chi connectivity index (χ0n) is 7.37. The average Bonchev–Trinajstić information content (AvgIpc) is 2.15. The molecule has 2 N–H and O–H groups in total. The second-order valence-electron chi connectivity index (χ2n) is 2.70. The number of nitrogens with two attached hydrogens (primary N) is 1. The lowest BCUT2D eigenvalue weighted by atomic mass is 10.1. The molecule has 0 aliphatic rings. The first-order chi connectivity index (χ1) is 6.97. The summed E-state index contributed by atoms with van der Waals surface area (Å²) in [5.74, 6) is -0.968. The molecule has 0 aliphatic heterocycles. The Kier molecular flexibility index (Phi) is 3.49. The van der Waals surface area contributed by atoms with Crippen LogP contribution in [0.5, 0.6) is 0 Å². The third kappa shape index (κ3) is 2.37. The van der Waals surface area contributed by atoms with Gasteiger partial charge >= 0.3 is 0 Å². The van der Waals surface area contributed by atoms with Crippen LogP contribution in [0.1, 0.15) is 10.4 Å². The molecule has 0 radical (unpaired) electrons. The van der Waals surface area contributed by atoms with Crippen molar-refractivity contribution >= 4 is 40.4 Å². The Morgan fingerprint density at radius 3 is 2.60 bits per heavy atom. The van der Waals surface area contributed by atoms with Crippen LogP contribution in [-0.2, 0) is 0 Å². The minimum Gasteiger partial charge on any atom is -0.398 e. The molecule has 0 saturated heterocycles. The van der Waals surface area contributed by atoms with Crippen LogP contribution in [0.25, 0.3) is 0 Å². The minimum absolute atomic E-state index is 0.0418. The number of hydrogen-bond donors (Lipinski definition) is 1. The predicted octanol–water partition coefficient (Wildman–Crippen LogP) is 2.25. The highest BCUT2D eigenvalue weighted by molar-refractivity contribution is 6.33. The van der Waals surface area contributed by atoms with Gasteiger partial charge in [0.25, 0.3) is 5.69 Å². The number of nitro groups is 1. The lowest BCUT2D eigenvalue weighted by Gasteiger charge is -2.04. The summed E-state index contributed by atoms with van der Waals surface area (Å²) in [7, 11) is 0. The maximum atomic E-state index is 11.3. The lowest BCUT2D eigenvalue weighted by Crippen LogP contribution is -2.08.